The van der Waals surface area contributed by atoms with Crippen molar-refractivity contribution in [2.24, 2.45) is 5.10 Å². The smallest absolute Gasteiger partial charge is 0.266 e. The number of benzene rings is 2. The molecule has 122 valence electrons. The van der Waals surface area contributed by atoms with Gasteiger partial charge in [0.2, 0.25) is 0 Å². The molecular formula is C17H11Cl3N2OS. The molecular weight excluding hydrogens is 387 g/mol. The lowest BCUT2D eigenvalue weighted by Gasteiger charge is -2.02. The van der Waals surface area contributed by atoms with Crippen molar-refractivity contribution < 1.29 is 4.79 Å². The standard InChI is InChI=1S/C17H11Cl3N2OS/c1-9(10-2-4-11(18)5-3-10)21-22-17(23)16-15(20)13-7-6-12(19)8-14(13)24-16/h2-8H,1H3,(H,22,23)/b21-9-. The third-order valence-corrected chi connectivity index (χ3v) is 5.53. The predicted octanol–water partition coefficient (Wildman–Crippen LogP) is 6.02. The van der Waals surface area contributed by atoms with Crippen molar-refractivity contribution in [3.8, 4) is 0 Å². The van der Waals surface area contributed by atoms with Crippen LogP contribution in [0.25, 0.3) is 10.1 Å². The molecule has 0 fully saturated rings. The van der Waals surface area contributed by atoms with Crippen LogP contribution >= 0.6 is 46.1 Å². The van der Waals surface area contributed by atoms with Crippen LogP contribution in [0, 0.1) is 0 Å². The van der Waals surface area contributed by atoms with E-state index in [1.165, 1.54) is 11.3 Å². The Balaban J connectivity index is 1.83. The zero-order chi connectivity index (χ0) is 17.3. The number of fused-ring (bicyclic) bond motifs is 1. The lowest BCUT2D eigenvalue weighted by molar-refractivity contribution is 0.0959. The predicted molar refractivity (Wildman–Crippen MR) is 103 cm³/mol. The number of halogens is 3. The Labute approximate surface area is 157 Å². The highest BCUT2D eigenvalue weighted by molar-refractivity contribution is 7.21. The molecule has 0 radical (unpaired) electrons. The van der Waals surface area contributed by atoms with Gasteiger partial charge in [-0.05, 0) is 36.8 Å². The fraction of sp³-hybridized carbons (Fsp3) is 0.0588. The van der Waals surface area contributed by atoms with Crippen molar-refractivity contribution in [1.82, 2.24) is 5.43 Å². The first-order chi connectivity index (χ1) is 11.5. The van der Waals surface area contributed by atoms with E-state index >= 15 is 0 Å². The maximum Gasteiger partial charge on any atom is 0.283 e. The van der Waals surface area contributed by atoms with E-state index < -0.39 is 0 Å². The van der Waals surface area contributed by atoms with E-state index in [1.54, 1.807) is 37.3 Å². The molecule has 0 aliphatic heterocycles. The molecule has 0 aliphatic carbocycles. The lowest BCUT2D eigenvalue weighted by atomic mass is 10.1. The number of carbonyl (C=O) groups is 1. The van der Waals surface area contributed by atoms with Crippen LogP contribution in [0.4, 0.5) is 0 Å². The molecule has 3 aromatic rings. The highest BCUT2D eigenvalue weighted by Crippen LogP contribution is 2.36. The minimum atomic E-state index is -0.356. The Morgan fingerprint density at radius 1 is 1.04 bits per heavy atom. The van der Waals surface area contributed by atoms with Crippen molar-refractivity contribution in [3.63, 3.8) is 0 Å². The quantitative estimate of drug-likeness (QED) is 0.426. The topological polar surface area (TPSA) is 41.5 Å². The number of rotatable bonds is 3. The van der Waals surface area contributed by atoms with Gasteiger partial charge in [-0.25, -0.2) is 5.43 Å². The van der Waals surface area contributed by atoms with Gasteiger partial charge in [0.1, 0.15) is 4.88 Å². The Hall–Kier alpha value is -1.59. The second kappa shape index (κ2) is 7.11. The van der Waals surface area contributed by atoms with Gasteiger partial charge in [0.05, 0.1) is 10.7 Å². The van der Waals surface area contributed by atoms with Crippen LogP contribution in [-0.2, 0) is 0 Å². The summed E-state index contributed by atoms with van der Waals surface area (Å²) in [5.74, 6) is -0.356. The van der Waals surface area contributed by atoms with Gasteiger partial charge >= 0.3 is 0 Å². The molecule has 0 saturated carbocycles. The summed E-state index contributed by atoms with van der Waals surface area (Å²) in [6.07, 6.45) is 0. The van der Waals surface area contributed by atoms with Crippen molar-refractivity contribution in [2.75, 3.05) is 0 Å². The molecule has 0 saturated heterocycles. The molecule has 0 aliphatic rings. The Morgan fingerprint density at radius 3 is 2.42 bits per heavy atom. The summed E-state index contributed by atoms with van der Waals surface area (Å²) in [7, 11) is 0. The molecule has 0 spiro atoms. The molecule has 7 heteroatoms. The van der Waals surface area contributed by atoms with Crippen LogP contribution in [-0.4, -0.2) is 11.6 Å². The summed E-state index contributed by atoms with van der Waals surface area (Å²) in [5.41, 5.74) is 4.07. The van der Waals surface area contributed by atoms with Gasteiger partial charge in [-0.15, -0.1) is 11.3 Å². The zero-order valence-electron chi connectivity index (χ0n) is 12.4. The molecule has 1 N–H and O–H groups in total. The van der Waals surface area contributed by atoms with Crippen LogP contribution in [0.3, 0.4) is 0 Å². The van der Waals surface area contributed by atoms with Crippen molar-refractivity contribution >= 4 is 67.8 Å². The molecule has 0 atom stereocenters. The number of hydrazone groups is 1. The molecule has 0 unspecified atom stereocenters. The number of amides is 1. The lowest BCUT2D eigenvalue weighted by Crippen LogP contribution is -2.18. The van der Waals surface area contributed by atoms with Gasteiger partial charge in [0, 0.05) is 20.1 Å². The van der Waals surface area contributed by atoms with Gasteiger partial charge in [-0.1, -0.05) is 53.0 Å². The Kier molecular flexibility index (Phi) is 5.11. The van der Waals surface area contributed by atoms with E-state index in [9.17, 15) is 4.79 Å². The number of hydrogen-bond donors (Lipinski definition) is 1. The molecule has 0 bridgehead atoms. The second-order valence-corrected chi connectivity index (χ2v) is 7.33. The third kappa shape index (κ3) is 3.57. The minimum Gasteiger partial charge on any atom is -0.266 e. The summed E-state index contributed by atoms with van der Waals surface area (Å²) in [6.45, 7) is 1.80. The molecule has 1 amide bonds. The number of nitrogens with one attached hydrogen (secondary N) is 1. The first-order valence-electron chi connectivity index (χ1n) is 6.94. The average molecular weight is 398 g/mol. The van der Waals surface area contributed by atoms with E-state index in [0.717, 1.165) is 15.6 Å². The molecule has 3 nitrogen and oxygen atoms in total. The number of hydrogen-bond acceptors (Lipinski definition) is 3. The van der Waals surface area contributed by atoms with E-state index in [0.29, 0.717) is 25.7 Å². The first-order valence-corrected chi connectivity index (χ1v) is 8.89. The van der Waals surface area contributed by atoms with Crippen molar-refractivity contribution in [2.45, 2.75) is 6.92 Å². The Morgan fingerprint density at radius 2 is 1.71 bits per heavy atom. The van der Waals surface area contributed by atoms with Crippen LogP contribution in [0.5, 0.6) is 0 Å². The van der Waals surface area contributed by atoms with Crippen LogP contribution < -0.4 is 5.43 Å². The highest BCUT2D eigenvalue weighted by atomic mass is 35.5. The van der Waals surface area contributed by atoms with Crippen LogP contribution in [0.2, 0.25) is 15.1 Å². The monoisotopic (exact) mass is 396 g/mol. The zero-order valence-corrected chi connectivity index (χ0v) is 15.5. The summed E-state index contributed by atoms with van der Waals surface area (Å²) >= 11 is 19.4. The van der Waals surface area contributed by atoms with Crippen molar-refractivity contribution in [3.05, 3.63) is 68.0 Å². The second-order valence-electron chi connectivity index (χ2n) is 5.03. The maximum atomic E-state index is 12.4. The van der Waals surface area contributed by atoms with Crippen LogP contribution in [0.1, 0.15) is 22.2 Å². The summed E-state index contributed by atoms with van der Waals surface area (Å²) < 4.78 is 0.857. The normalized spacial score (nSPS) is 11.8. The first kappa shape index (κ1) is 17.2. The van der Waals surface area contributed by atoms with E-state index in [4.69, 9.17) is 34.8 Å². The molecule has 3 rings (SSSR count). The maximum absolute atomic E-state index is 12.4. The Bertz CT molecular complexity index is 948. The largest absolute Gasteiger partial charge is 0.283 e. The van der Waals surface area contributed by atoms with Crippen molar-refractivity contribution in [1.29, 1.82) is 0 Å². The highest BCUT2D eigenvalue weighted by Gasteiger charge is 2.17. The average Bonchev–Trinajstić information content (AvgIpc) is 2.89. The minimum absolute atomic E-state index is 0.356. The van der Waals surface area contributed by atoms with Gasteiger partial charge in [-0.2, -0.15) is 5.10 Å². The van der Waals surface area contributed by atoms with Gasteiger partial charge in [-0.3, -0.25) is 4.79 Å². The summed E-state index contributed by atoms with van der Waals surface area (Å²) in [5, 5.41) is 6.58. The molecule has 2 aromatic carbocycles. The van der Waals surface area contributed by atoms with Gasteiger partial charge in [0.15, 0.2) is 0 Å². The fourth-order valence-corrected chi connectivity index (χ4v) is 3.94. The molecule has 1 heterocycles. The number of nitrogens with zero attached hydrogens (tertiary/aromatic N) is 1. The number of carbonyl (C=O) groups excluding carboxylic acids is 1. The summed E-state index contributed by atoms with van der Waals surface area (Å²) in [6, 6.07) is 12.5. The van der Waals surface area contributed by atoms with Crippen LogP contribution in [0.15, 0.2) is 47.6 Å². The van der Waals surface area contributed by atoms with E-state index in [2.05, 4.69) is 10.5 Å². The number of thiophene rings is 1. The van der Waals surface area contributed by atoms with Gasteiger partial charge in [0.25, 0.3) is 5.91 Å². The summed E-state index contributed by atoms with van der Waals surface area (Å²) in [4.78, 5) is 12.8. The SMILES string of the molecule is C/C(=N/NC(=O)c1sc2cc(Cl)ccc2c1Cl)c1ccc(Cl)cc1. The van der Waals surface area contributed by atoms with Gasteiger partial charge < -0.3 is 0 Å². The molecule has 1 aromatic heterocycles. The van der Waals surface area contributed by atoms with E-state index in [1.807, 2.05) is 12.1 Å². The molecule has 24 heavy (non-hydrogen) atoms. The third-order valence-electron chi connectivity index (χ3n) is 3.38. The van der Waals surface area contributed by atoms with E-state index in [-0.39, 0.29) is 5.91 Å². The fourth-order valence-electron chi connectivity index (χ4n) is 2.13.